The van der Waals surface area contributed by atoms with E-state index >= 15 is 0 Å². The minimum atomic E-state index is 0.512. The van der Waals surface area contributed by atoms with Gasteiger partial charge in [-0.05, 0) is 30.4 Å². The van der Waals surface area contributed by atoms with E-state index in [9.17, 15) is 0 Å². The van der Waals surface area contributed by atoms with Gasteiger partial charge in [0.1, 0.15) is 0 Å². The monoisotopic (exact) mass is 232 g/mol. The summed E-state index contributed by atoms with van der Waals surface area (Å²) in [6.07, 6.45) is 4.09. The lowest BCUT2D eigenvalue weighted by atomic mass is 9.70. The van der Waals surface area contributed by atoms with Crippen LogP contribution < -0.4 is 5.32 Å². The Labute approximate surface area is 99.7 Å². The summed E-state index contributed by atoms with van der Waals surface area (Å²) in [6.45, 7) is 3.42. The number of anilines is 1. The zero-order chi connectivity index (χ0) is 11.0. The molecule has 1 aromatic heterocycles. The van der Waals surface area contributed by atoms with E-state index in [1.165, 1.54) is 24.0 Å². The molecule has 0 saturated heterocycles. The van der Waals surface area contributed by atoms with Crippen molar-refractivity contribution in [2.75, 3.05) is 11.9 Å². The Morgan fingerprint density at radius 1 is 1.38 bits per heavy atom. The molecule has 0 aliphatic heterocycles. The van der Waals surface area contributed by atoms with Crippen LogP contribution in [-0.2, 0) is 0 Å². The minimum absolute atomic E-state index is 0.512. The van der Waals surface area contributed by atoms with Crippen LogP contribution in [0.4, 0.5) is 5.13 Å². The van der Waals surface area contributed by atoms with Gasteiger partial charge in [-0.25, -0.2) is 4.98 Å². The Morgan fingerprint density at radius 3 is 2.88 bits per heavy atom. The van der Waals surface area contributed by atoms with E-state index < -0.39 is 0 Å². The molecule has 0 radical (unpaired) electrons. The molecule has 1 aliphatic rings. The number of hydrogen-bond acceptors (Lipinski definition) is 3. The fourth-order valence-corrected chi connectivity index (χ4v) is 3.06. The van der Waals surface area contributed by atoms with Crippen LogP contribution in [0.15, 0.2) is 24.3 Å². The van der Waals surface area contributed by atoms with Gasteiger partial charge in [-0.15, -0.1) is 0 Å². The molecular weight excluding hydrogens is 216 g/mol. The maximum absolute atomic E-state index is 4.58. The molecule has 0 spiro atoms. The van der Waals surface area contributed by atoms with Crippen molar-refractivity contribution in [3.63, 3.8) is 0 Å². The highest BCUT2D eigenvalue weighted by Gasteiger charge is 2.31. The quantitative estimate of drug-likeness (QED) is 0.868. The van der Waals surface area contributed by atoms with Crippen molar-refractivity contribution in [3.05, 3.63) is 24.3 Å². The molecule has 16 heavy (non-hydrogen) atoms. The summed E-state index contributed by atoms with van der Waals surface area (Å²) in [5, 5.41) is 4.55. The lowest BCUT2D eigenvalue weighted by Crippen LogP contribution is -2.33. The third-order valence-corrected chi connectivity index (χ3v) is 4.52. The highest BCUT2D eigenvalue weighted by Crippen LogP contribution is 2.40. The van der Waals surface area contributed by atoms with Crippen LogP contribution >= 0.6 is 11.3 Å². The first kappa shape index (κ1) is 10.1. The largest absolute Gasteiger partial charge is 0.361 e. The number of nitrogens with one attached hydrogen (secondary N) is 1. The molecule has 1 saturated carbocycles. The summed E-state index contributed by atoms with van der Waals surface area (Å²) in [5.74, 6) is 0. The molecular formula is C13H16N2S. The van der Waals surface area contributed by atoms with E-state index in [0.29, 0.717) is 5.41 Å². The second kappa shape index (κ2) is 3.74. The lowest BCUT2D eigenvalue weighted by Gasteiger charge is -2.38. The summed E-state index contributed by atoms with van der Waals surface area (Å²) in [4.78, 5) is 4.58. The topological polar surface area (TPSA) is 24.9 Å². The van der Waals surface area contributed by atoms with Crippen LogP contribution in [0.25, 0.3) is 10.2 Å². The second-order valence-electron chi connectivity index (χ2n) is 5.00. The first-order chi connectivity index (χ1) is 7.75. The van der Waals surface area contributed by atoms with Crippen LogP contribution in [0, 0.1) is 5.41 Å². The molecule has 0 amide bonds. The van der Waals surface area contributed by atoms with Crippen LogP contribution in [0.1, 0.15) is 26.2 Å². The van der Waals surface area contributed by atoms with Gasteiger partial charge in [-0.3, -0.25) is 0 Å². The third-order valence-electron chi connectivity index (χ3n) is 3.52. The zero-order valence-electron chi connectivity index (χ0n) is 9.49. The first-order valence-electron chi connectivity index (χ1n) is 5.85. The summed E-state index contributed by atoms with van der Waals surface area (Å²) >= 11 is 1.75. The molecule has 1 aromatic carbocycles. The van der Waals surface area contributed by atoms with Crippen molar-refractivity contribution in [3.8, 4) is 0 Å². The SMILES string of the molecule is CC1(CNc2nc3ccccc3s2)CCC1. The number of benzene rings is 1. The van der Waals surface area contributed by atoms with E-state index in [-0.39, 0.29) is 0 Å². The third kappa shape index (κ3) is 1.80. The van der Waals surface area contributed by atoms with Crippen molar-refractivity contribution in [1.82, 2.24) is 4.98 Å². The molecule has 3 rings (SSSR count). The van der Waals surface area contributed by atoms with Crippen LogP contribution in [-0.4, -0.2) is 11.5 Å². The number of hydrogen-bond donors (Lipinski definition) is 1. The Balaban J connectivity index is 1.74. The molecule has 0 unspecified atom stereocenters. The predicted molar refractivity (Wildman–Crippen MR) is 70.1 cm³/mol. The van der Waals surface area contributed by atoms with E-state index in [2.05, 4.69) is 35.4 Å². The Kier molecular flexibility index (Phi) is 2.36. The standard InChI is InChI=1S/C13H16N2S/c1-13(7-4-8-13)9-14-12-15-10-5-2-3-6-11(10)16-12/h2-3,5-6H,4,7-9H2,1H3,(H,14,15). The van der Waals surface area contributed by atoms with Gasteiger partial charge in [0.15, 0.2) is 5.13 Å². The van der Waals surface area contributed by atoms with Crippen molar-refractivity contribution in [1.29, 1.82) is 0 Å². The van der Waals surface area contributed by atoms with Gasteiger partial charge >= 0.3 is 0 Å². The summed E-state index contributed by atoms with van der Waals surface area (Å²) in [6, 6.07) is 8.31. The summed E-state index contributed by atoms with van der Waals surface area (Å²) < 4.78 is 1.27. The molecule has 0 bridgehead atoms. The number of thiazole rings is 1. The van der Waals surface area contributed by atoms with Crippen molar-refractivity contribution in [2.45, 2.75) is 26.2 Å². The average Bonchev–Trinajstić information content (AvgIpc) is 2.66. The van der Waals surface area contributed by atoms with Crippen LogP contribution in [0.3, 0.4) is 0 Å². The van der Waals surface area contributed by atoms with Gasteiger partial charge < -0.3 is 5.32 Å². The molecule has 3 heteroatoms. The maximum atomic E-state index is 4.58. The highest BCUT2D eigenvalue weighted by molar-refractivity contribution is 7.22. The number of para-hydroxylation sites is 1. The second-order valence-corrected chi connectivity index (χ2v) is 6.04. The zero-order valence-corrected chi connectivity index (χ0v) is 10.3. The molecule has 84 valence electrons. The average molecular weight is 232 g/mol. The number of nitrogens with zero attached hydrogens (tertiary/aromatic N) is 1. The summed E-state index contributed by atoms with van der Waals surface area (Å²) in [5.41, 5.74) is 1.62. The van der Waals surface area contributed by atoms with Gasteiger partial charge in [0.05, 0.1) is 10.2 Å². The van der Waals surface area contributed by atoms with E-state index in [1.807, 2.05) is 6.07 Å². The van der Waals surface area contributed by atoms with Gasteiger partial charge in [-0.1, -0.05) is 36.8 Å². The normalized spacial score (nSPS) is 18.3. The molecule has 0 atom stereocenters. The van der Waals surface area contributed by atoms with E-state index in [0.717, 1.165) is 17.2 Å². The molecule has 1 fully saturated rings. The molecule has 1 heterocycles. The Morgan fingerprint density at radius 2 is 2.19 bits per heavy atom. The Bertz CT molecular complexity index is 466. The van der Waals surface area contributed by atoms with Gasteiger partial charge in [0, 0.05) is 6.54 Å². The first-order valence-corrected chi connectivity index (χ1v) is 6.66. The fourth-order valence-electron chi connectivity index (χ4n) is 2.19. The molecule has 1 aliphatic carbocycles. The lowest BCUT2D eigenvalue weighted by molar-refractivity contribution is 0.180. The molecule has 1 N–H and O–H groups in total. The van der Waals surface area contributed by atoms with E-state index in [1.54, 1.807) is 11.3 Å². The van der Waals surface area contributed by atoms with Crippen molar-refractivity contribution < 1.29 is 0 Å². The molecule has 2 nitrogen and oxygen atoms in total. The smallest absolute Gasteiger partial charge is 0.183 e. The van der Waals surface area contributed by atoms with Gasteiger partial charge in [-0.2, -0.15) is 0 Å². The van der Waals surface area contributed by atoms with Gasteiger partial charge in [0.25, 0.3) is 0 Å². The van der Waals surface area contributed by atoms with Crippen molar-refractivity contribution in [2.24, 2.45) is 5.41 Å². The number of rotatable bonds is 3. The Hall–Kier alpha value is -1.09. The minimum Gasteiger partial charge on any atom is -0.361 e. The van der Waals surface area contributed by atoms with Crippen LogP contribution in [0.5, 0.6) is 0 Å². The predicted octanol–water partition coefficient (Wildman–Crippen LogP) is 3.90. The van der Waals surface area contributed by atoms with Crippen LogP contribution in [0.2, 0.25) is 0 Å². The highest BCUT2D eigenvalue weighted by atomic mass is 32.1. The van der Waals surface area contributed by atoms with E-state index in [4.69, 9.17) is 0 Å². The number of aromatic nitrogens is 1. The fraction of sp³-hybridized carbons (Fsp3) is 0.462. The maximum Gasteiger partial charge on any atom is 0.183 e. The van der Waals surface area contributed by atoms with Crippen molar-refractivity contribution >= 4 is 26.7 Å². The molecule has 2 aromatic rings. The number of fused-ring (bicyclic) bond motifs is 1. The summed E-state index contributed by atoms with van der Waals surface area (Å²) in [7, 11) is 0. The van der Waals surface area contributed by atoms with Gasteiger partial charge in [0.2, 0.25) is 0 Å².